The monoisotopic (exact) mass is 489 g/mol. The number of nitrogens with one attached hydrogen (secondary N) is 1. The fourth-order valence-corrected chi connectivity index (χ4v) is 3.98. The van der Waals surface area contributed by atoms with Crippen molar-refractivity contribution in [3.05, 3.63) is 82.3 Å². The van der Waals surface area contributed by atoms with Crippen LogP contribution in [0.2, 0.25) is 0 Å². The van der Waals surface area contributed by atoms with Gasteiger partial charge in [-0.3, -0.25) is 0 Å². The van der Waals surface area contributed by atoms with E-state index in [1.807, 2.05) is 30.3 Å². The Kier molecular flexibility index (Phi) is 5.78. The summed E-state index contributed by atoms with van der Waals surface area (Å²) in [6.07, 6.45) is 0. The first-order valence-corrected chi connectivity index (χ1v) is 10.9. The zero-order valence-corrected chi connectivity index (χ0v) is 19.1. The number of fused-ring (bicyclic) bond motifs is 1. The summed E-state index contributed by atoms with van der Waals surface area (Å²) in [5.74, 6) is -0.675. The van der Waals surface area contributed by atoms with Gasteiger partial charge in [0.1, 0.15) is 12.2 Å². The maximum Gasteiger partial charge on any atom is 0.428 e. The number of rotatable bonds is 6. The number of nitrogens with zero attached hydrogens (tertiary/aromatic N) is 5. The molecule has 4 heterocycles. The summed E-state index contributed by atoms with van der Waals surface area (Å²) in [6.45, 7) is -0.342. The van der Waals surface area contributed by atoms with Gasteiger partial charge in [0.15, 0.2) is 11.6 Å². The minimum atomic E-state index is -0.647. The van der Waals surface area contributed by atoms with Crippen molar-refractivity contribution in [2.45, 2.75) is 13.2 Å². The van der Waals surface area contributed by atoms with Gasteiger partial charge in [-0.2, -0.15) is 4.68 Å². The molecular formula is C24H22FN8O3+. The van der Waals surface area contributed by atoms with Gasteiger partial charge in [0.25, 0.3) is 0 Å². The number of aromatic amines is 1. The summed E-state index contributed by atoms with van der Waals surface area (Å²) in [5.41, 5.74) is 14.8. The Balaban J connectivity index is 1.80. The highest BCUT2D eigenvalue weighted by Gasteiger charge is 2.26. The Morgan fingerprint density at radius 3 is 2.53 bits per heavy atom. The number of methoxy groups -OCH3 is 1. The highest BCUT2D eigenvalue weighted by atomic mass is 19.1. The van der Waals surface area contributed by atoms with E-state index in [0.29, 0.717) is 33.9 Å². The Morgan fingerprint density at radius 1 is 1.06 bits per heavy atom. The van der Waals surface area contributed by atoms with Gasteiger partial charge < -0.3 is 21.3 Å². The van der Waals surface area contributed by atoms with Crippen molar-refractivity contribution in [2.75, 3.05) is 18.6 Å². The maximum absolute atomic E-state index is 13.6. The number of halogens is 1. The van der Waals surface area contributed by atoms with E-state index in [-0.39, 0.29) is 30.8 Å². The van der Waals surface area contributed by atoms with Gasteiger partial charge in [-0.1, -0.05) is 30.3 Å². The summed E-state index contributed by atoms with van der Waals surface area (Å²) in [7, 11) is 1.47. The lowest BCUT2D eigenvalue weighted by Gasteiger charge is -2.11. The third kappa shape index (κ3) is 3.99. The predicted molar refractivity (Wildman–Crippen MR) is 129 cm³/mol. The summed E-state index contributed by atoms with van der Waals surface area (Å²) in [4.78, 5) is 26.2. The topological polar surface area (TPSA) is 162 Å². The molecule has 12 heteroatoms. The second-order valence-electron chi connectivity index (χ2n) is 7.94. The van der Waals surface area contributed by atoms with Crippen LogP contribution in [0, 0.1) is 5.82 Å². The first kappa shape index (κ1) is 22.9. The minimum Gasteiger partial charge on any atom is -0.481 e. The van der Waals surface area contributed by atoms with Crippen LogP contribution in [-0.2, 0) is 13.2 Å². The van der Waals surface area contributed by atoms with E-state index in [0.717, 1.165) is 5.56 Å². The fraction of sp³-hybridized carbons (Fsp3) is 0.125. The summed E-state index contributed by atoms with van der Waals surface area (Å²) < 4.78 is 21.4. The molecule has 6 N–H and O–H groups in total. The molecule has 182 valence electrons. The molecule has 0 saturated carbocycles. The van der Waals surface area contributed by atoms with E-state index >= 15 is 0 Å². The van der Waals surface area contributed by atoms with E-state index in [9.17, 15) is 14.3 Å². The second-order valence-corrected chi connectivity index (χ2v) is 7.94. The van der Waals surface area contributed by atoms with Crippen LogP contribution >= 0.6 is 0 Å². The molecule has 5 rings (SSSR count). The van der Waals surface area contributed by atoms with Gasteiger partial charge in [0, 0.05) is 11.6 Å². The van der Waals surface area contributed by atoms with Crippen LogP contribution in [0.4, 0.5) is 16.2 Å². The number of benzene rings is 1. The Labute approximate surface area is 203 Å². The molecule has 36 heavy (non-hydrogen) atoms. The molecule has 0 amide bonds. The average molecular weight is 489 g/mol. The van der Waals surface area contributed by atoms with Crippen molar-refractivity contribution >= 4 is 17.4 Å². The number of nitrogen functional groups attached to an aromatic ring is 2. The SMILES string of the molecule is COc1cc(-c2c(-c3ccccc3)nc(N)[n+]3c(=O)n(Cc4ccc(F)c(N)n4)[nH]c23)cc(CO)n1. The standard InChI is InChI=1S/C24H21FN8O3/c1-36-18-10-14(9-16(12-34)28-18)19-20(13-5-3-2-4-6-13)30-23(27)33-22(19)31-32(24(33)35)11-15-7-8-17(25)21(26)29-15/h2-10,34H,11-12H2,1H3,(H4,26,27,28,29,30,31)/p+1. The quantitative estimate of drug-likeness (QED) is 0.259. The van der Waals surface area contributed by atoms with Crippen LogP contribution in [0.3, 0.4) is 0 Å². The number of hydrogen-bond donors (Lipinski definition) is 4. The van der Waals surface area contributed by atoms with Gasteiger partial charge in [0.05, 0.1) is 30.7 Å². The summed E-state index contributed by atoms with van der Waals surface area (Å²) in [6, 6.07) is 15.3. The van der Waals surface area contributed by atoms with Gasteiger partial charge in [0.2, 0.25) is 11.5 Å². The minimum absolute atomic E-state index is 0.0217. The van der Waals surface area contributed by atoms with Crippen molar-refractivity contribution in [1.29, 1.82) is 0 Å². The van der Waals surface area contributed by atoms with Crippen LogP contribution in [-0.4, -0.2) is 36.9 Å². The molecule has 0 aliphatic heterocycles. The molecule has 1 aromatic carbocycles. The van der Waals surface area contributed by atoms with Gasteiger partial charge in [-0.25, -0.2) is 24.3 Å². The van der Waals surface area contributed by atoms with Crippen molar-refractivity contribution in [3.63, 3.8) is 0 Å². The van der Waals surface area contributed by atoms with Gasteiger partial charge >= 0.3 is 11.6 Å². The number of aliphatic hydroxyl groups is 1. The molecule has 11 nitrogen and oxygen atoms in total. The molecule has 0 atom stereocenters. The summed E-state index contributed by atoms with van der Waals surface area (Å²) in [5, 5.41) is 12.9. The third-order valence-corrected chi connectivity index (χ3v) is 5.63. The number of aliphatic hydroxyl groups excluding tert-OH is 1. The number of aromatic nitrogens is 6. The lowest BCUT2D eigenvalue weighted by Crippen LogP contribution is -2.44. The number of pyridine rings is 2. The molecule has 0 spiro atoms. The first-order valence-electron chi connectivity index (χ1n) is 10.9. The van der Waals surface area contributed by atoms with Crippen molar-refractivity contribution in [2.24, 2.45) is 0 Å². The normalized spacial score (nSPS) is 11.2. The van der Waals surface area contributed by atoms with E-state index in [1.54, 1.807) is 12.1 Å². The number of hydrogen-bond acceptors (Lipinski definition) is 8. The summed E-state index contributed by atoms with van der Waals surface area (Å²) >= 11 is 0. The lowest BCUT2D eigenvalue weighted by molar-refractivity contribution is -0.516. The molecule has 5 aromatic rings. The first-order chi connectivity index (χ1) is 17.4. The van der Waals surface area contributed by atoms with E-state index < -0.39 is 11.5 Å². The number of H-pyrrole nitrogens is 1. The van der Waals surface area contributed by atoms with Gasteiger partial charge in [-0.05, 0) is 23.8 Å². The molecule has 0 aliphatic carbocycles. The molecule has 0 aliphatic rings. The van der Waals surface area contributed by atoms with Crippen LogP contribution in [0.5, 0.6) is 5.88 Å². The predicted octanol–water partition coefficient (Wildman–Crippen LogP) is 1.29. The van der Waals surface area contributed by atoms with Gasteiger partial charge in [-0.15, -0.1) is 9.38 Å². The Hall–Kier alpha value is -4.84. The van der Waals surface area contributed by atoms with Crippen LogP contribution in [0.1, 0.15) is 11.4 Å². The number of ether oxygens (including phenoxy) is 1. The smallest absolute Gasteiger partial charge is 0.428 e. The van der Waals surface area contributed by atoms with Crippen LogP contribution in [0.25, 0.3) is 28.0 Å². The van der Waals surface area contributed by atoms with E-state index in [2.05, 4.69) is 20.1 Å². The molecule has 0 fully saturated rings. The van der Waals surface area contributed by atoms with E-state index in [4.69, 9.17) is 16.2 Å². The number of nitrogens with two attached hydrogens (primary N) is 2. The van der Waals surface area contributed by atoms with Crippen molar-refractivity contribution in [1.82, 2.24) is 24.7 Å². The molecule has 0 radical (unpaired) electrons. The maximum atomic E-state index is 13.6. The van der Waals surface area contributed by atoms with Crippen LogP contribution in [0.15, 0.2) is 59.4 Å². The zero-order chi connectivity index (χ0) is 25.4. The Bertz CT molecular complexity index is 1630. The van der Waals surface area contributed by atoms with Crippen molar-refractivity contribution < 1.29 is 18.6 Å². The lowest BCUT2D eigenvalue weighted by atomic mass is 10.00. The molecular weight excluding hydrogens is 467 g/mol. The molecule has 0 bridgehead atoms. The largest absolute Gasteiger partial charge is 0.481 e. The molecule has 0 saturated heterocycles. The third-order valence-electron chi connectivity index (χ3n) is 5.63. The Morgan fingerprint density at radius 2 is 1.83 bits per heavy atom. The zero-order valence-electron chi connectivity index (χ0n) is 19.1. The fourth-order valence-electron chi connectivity index (χ4n) is 3.98. The average Bonchev–Trinajstić information content (AvgIpc) is 3.22. The van der Waals surface area contributed by atoms with Crippen molar-refractivity contribution in [3.8, 4) is 28.3 Å². The number of anilines is 2. The van der Waals surface area contributed by atoms with E-state index in [1.165, 1.54) is 28.3 Å². The highest BCUT2D eigenvalue weighted by Crippen LogP contribution is 2.34. The molecule has 0 unspecified atom stereocenters. The molecule has 4 aromatic heterocycles. The highest BCUT2D eigenvalue weighted by molar-refractivity contribution is 5.89. The second kappa shape index (κ2) is 9.07. The van der Waals surface area contributed by atoms with Crippen LogP contribution < -0.4 is 26.3 Å².